The van der Waals surface area contributed by atoms with Gasteiger partial charge in [0, 0.05) is 12.5 Å². The van der Waals surface area contributed by atoms with Gasteiger partial charge >= 0.3 is 0 Å². The third-order valence-corrected chi connectivity index (χ3v) is 1.94. The van der Waals surface area contributed by atoms with Crippen molar-refractivity contribution in [2.24, 2.45) is 5.16 Å². The quantitative estimate of drug-likeness (QED) is 0.443. The third kappa shape index (κ3) is 2.28. The van der Waals surface area contributed by atoms with Crippen molar-refractivity contribution in [2.45, 2.75) is 19.8 Å². The molecule has 0 amide bonds. The fraction of sp³-hybridized carbons (Fsp3) is 0.300. The van der Waals surface area contributed by atoms with E-state index in [1.54, 1.807) is 13.0 Å². The molecule has 0 saturated carbocycles. The van der Waals surface area contributed by atoms with Crippen LogP contribution >= 0.6 is 0 Å². The summed E-state index contributed by atoms with van der Waals surface area (Å²) >= 11 is 0. The van der Waals surface area contributed by atoms with Crippen LogP contribution in [-0.2, 0) is 5.92 Å². The molecule has 1 aromatic carbocycles. The maximum atomic E-state index is 12.9. The Bertz CT molecular complexity index is 355. The molecule has 0 heterocycles. The summed E-state index contributed by atoms with van der Waals surface area (Å²) in [4.78, 5) is 0. The molecule has 0 aromatic heterocycles. The van der Waals surface area contributed by atoms with Crippen LogP contribution in [0.25, 0.3) is 0 Å². The van der Waals surface area contributed by atoms with Crippen LogP contribution in [0.3, 0.4) is 0 Å². The Kier molecular flexibility index (Phi) is 2.84. The Hall–Kier alpha value is -1.45. The van der Waals surface area contributed by atoms with Crippen LogP contribution in [0.5, 0.6) is 0 Å². The van der Waals surface area contributed by atoms with E-state index in [4.69, 9.17) is 5.21 Å². The smallest absolute Gasteiger partial charge is 0.270 e. The monoisotopic (exact) mass is 199 g/mol. The molecular weight excluding hydrogens is 188 g/mol. The van der Waals surface area contributed by atoms with Crippen LogP contribution in [-0.4, -0.2) is 10.9 Å². The molecule has 0 saturated heterocycles. The molecule has 0 aliphatic carbocycles. The summed E-state index contributed by atoms with van der Waals surface area (Å²) in [6, 6.07) is 5.78. The lowest BCUT2D eigenvalue weighted by Crippen LogP contribution is -2.08. The molecule has 2 nitrogen and oxygen atoms in total. The van der Waals surface area contributed by atoms with Gasteiger partial charge in [0.1, 0.15) is 0 Å². The molecule has 14 heavy (non-hydrogen) atoms. The summed E-state index contributed by atoms with van der Waals surface area (Å²) in [5.74, 6) is -2.87. The van der Waals surface area contributed by atoms with E-state index in [-0.39, 0.29) is 5.56 Å². The van der Waals surface area contributed by atoms with Crippen LogP contribution in [0.15, 0.2) is 29.4 Å². The van der Waals surface area contributed by atoms with E-state index < -0.39 is 5.92 Å². The van der Waals surface area contributed by atoms with E-state index in [1.807, 2.05) is 0 Å². The summed E-state index contributed by atoms with van der Waals surface area (Å²) in [5.41, 5.74) is 0.723. The van der Waals surface area contributed by atoms with E-state index >= 15 is 0 Å². The number of rotatable bonds is 2. The van der Waals surface area contributed by atoms with Gasteiger partial charge in [-0.25, -0.2) is 8.78 Å². The van der Waals surface area contributed by atoms with E-state index in [1.165, 1.54) is 18.2 Å². The molecule has 1 N–H and O–H groups in total. The van der Waals surface area contributed by atoms with Gasteiger partial charge in [-0.3, -0.25) is 0 Å². The predicted molar refractivity (Wildman–Crippen MR) is 50.0 cm³/mol. The Labute approximate surface area is 80.9 Å². The summed E-state index contributed by atoms with van der Waals surface area (Å²) in [7, 11) is 0. The second kappa shape index (κ2) is 3.74. The van der Waals surface area contributed by atoms with Crippen molar-refractivity contribution in [1.29, 1.82) is 0 Å². The first-order valence-electron chi connectivity index (χ1n) is 4.12. The third-order valence-electron chi connectivity index (χ3n) is 1.94. The molecule has 76 valence electrons. The summed E-state index contributed by atoms with van der Waals surface area (Å²) in [6.45, 7) is 2.38. The largest absolute Gasteiger partial charge is 0.411 e. The van der Waals surface area contributed by atoms with E-state index in [2.05, 4.69) is 5.16 Å². The van der Waals surface area contributed by atoms with Crippen molar-refractivity contribution in [1.82, 2.24) is 0 Å². The van der Waals surface area contributed by atoms with Gasteiger partial charge in [-0.05, 0) is 18.6 Å². The van der Waals surface area contributed by atoms with Gasteiger partial charge in [-0.15, -0.1) is 0 Å². The number of oxime groups is 1. The zero-order valence-electron chi connectivity index (χ0n) is 7.96. The van der Waals surface area contributed by atoms with Crippen molar-refractivity contribution in [2.75, 3.05) is 0 Å². The van der Waals surface area contributed by atoms with Crippen LogP contribution < -0.4 is 0 Å². The Morgan fingerprint density at radius 1 is 1.43 bits per heavy atom. The maximum Gasteiger partial charge on any atom is 0.270 e. The minimum atomic E-state index is -2.87. The van der Waals surface area contributed by atoms with Crippen molar-refractivity contribution in [3.05, 3.63) is 35.4 Å². The first-order valence-corrected chi connectivity index (χ1v) is 4.12. The molecule has 1 rings (SSSR count). The lowest BCUT2D eigenvalue weighted by Gasteiger charge is -2.11. The molecular formula is C10H11F2NO. The number of nitrogens with zero attached hydrogens (tertiary/aromatic N) is 1. The molecule has 0 spiro atoms. The lowest BCUT2D eigenvalue weighted by molar-refractivity contribution is 0.0174. The summed E-state index contributed by atoms with van der Waals surface area (Å²) < 4.78 is 25.8. The van der Waals surface area contributed by atoms with Crippen molar-refractivity contribution >= 4 is 5.71 Å². The van der Waals surface area contributed by atoms with E-state index in [0.717, 1.165) is 6.92 Å². The fourth-order valence-electron chi connectivity index (χ4n) is 1.08. The topological polar surface area (TPSA) is 32.6 Å². The van der Waals surface area contributed by atoms with Gasteiger partial charge in [0.05, 0.1) is 5.71 Å². The highest BCUT2D eigenvalue weighted by Gasteiger charge is 2.24. The highest BCUT2D eigenvalue weighted by molar-refractivity contribution is 5.98. The molecule has 0 aliphatic rings. The number of hydrogen-bond donors (Lipinski definition) is 1. The average Bonchev–Trinajstić information content (AvgIpc) is 2.15. The highest BCUT2D eigenvalue weighted by atomic mass is 19.3. The molecule has 0 fully saturated rings. The zero-order chi connectivity index (χ0) is 10.8. The molecule has 4 heteroatoms. The second-order valence-electron chi connectivity index (χ2n) is 3.15. The van der Waals surface area contributed by atoms with Crippen LogP contribution in [0.4, 0.5) is 8.78 Å². The first kappa shape index (κ1) is 10.6. The zero-order valence-corrected chi connectivity index (χ0v) is 7.96. The number of hydrogen-bond acceptors (Lipinski definition) is 2. The molecule has 0 unspecified atom stereocenters. The number of halogens is 2. The van der Waals surface area contributed by atoms with Gasteiger partial charge < -0.3 is 5.21 Å². The van der Waals surface area contributed by atoms with Crippen LogP contribution in [0, 0.1) is 0 Å². The maximum absolute atomic E-state index is 12.9. The molecule has 0 radical (unpaired) electrons. The van der Waals surface area contributed by atoms with Gasteiger partial charge in [0.25, 0.3) is 5.92 Å². The number of alkyl halides is 2. The lowest BCUT2D eigenvalue weighted by atomic mass is 10.0. The Morgan fingerprint density at radius 2 is 2.07 bits per heavy atom. The molecule has 0 bridgehead atoms. The average molecular weight is 199 g/mol. The van der Waals surface area contributed by atoms with E-state index in [9.17, 15) is 8.78 Å². The van der Waals surface area contributed by atoms with Crippen molar-refractivity contribution in [3.8, 4) is 0 Å². The van der Waals surface area contributed by atoms with Gasteiger partial charge in [0.15, 0.2) is 0 Å². The predicted octanol–water partition coefficient (Wildman–Crippen LogP) is 3.00. The fourth-order valence-corrected chi connectivity index (χ4v) is 1.08. The minimum absolute atomic E-state index is 0.0852. The first-order chi connectivity index (χ1) is 6.45. The van der Waals surface area contributed by atoms with Gasteiger partial charge in [-0.2, -0.15) is 0 Å². The molecule has 0 atom stereocenters. The summed E-state index contributed by atoms with van der Waals surface area (Å²) in [6.07, 6.45) is 0. The second-order valence-corrected chi connectivity index (χ2v) is 3.15. The SMILES string of the molecule is C/C(=N\O)c1cccc(C(C)(F)F)c1. The van der Waals surface area contributed by atoms with Gasteiger partial charge in [0.2, 0.25) is 0 Å². The Morgan fingerprint density at radius 3 is 2.57 bits per heavy atom. The number of benzene rings is 1. The minimum Gasteiger partial charge on any atom is -0.411 e. The molecule has 1 aromatic rings. The Balaban J connectivity index is 3.14. The molecule has 0 aliphatic heterocycles. The van der Waals surface area contributed by atoms with Crippen LogP contribution in [0.2, 0.25) is 0 Å². The normalized spacial score (nSPS) is 13.0. The highest BCUT2D eigenvalue weighted by Crippen LogP contribution is 2.27. The van der Waals surface area contributed by atoms with Crippen molar-refractivity contribution in [3.63, 3.8) is 0 Å². The standard InChI is InChI=1S/C10H11F2NO/c1-7(13-14)8-4-3-5-9(6-8)10(2,11)12/h3-6,14H,1-2H3/b13-7+. The van der Waals surface area contributed by atoms with Crippen molar-refractivity contribution < 1.29 is 14.0 Å². The summed E-state index contributed by atoms with van der Waals surface area (Å²) in [5, 5.41) is 11.4. The van der Waals surface area contributed by atoms with E-state index in [0.29, 0.717) is 11.3 Å². The van der Waals surface area contributed by atoms with Gasteiger partial charge in [-0.1, -0.05) is 23.4 Å². The van der Waals surface area contributed by atoms with Crippen LogP contribution in [0.1, 0.15) is 25.0 Å².